The van der Waals surface area contributed by atoms with Crippen LogP contribution in [0.4, 0.5) is 0 Å². The monoisotopic (exact) mass is 752 g/mol. The molecule has 0 fully saturated rings. The molecule has 0 N–H and O–H groups in total. The number of furan rings is 1. The minimum absolute atomic E-state index is 0. The van der Waals surface area contributed by atoms with Crippen molar-refractivity contribution in [3.63, 3.8) is 0 Å². The average molecular weight is 750 g/mol. The maximum absolute atomic E-state index is 5.86. The van der Waals surface area contributed by atoms with Crippen molar-refractivity contribution >= 4 is 39.7 Å². The summed E-state index contributed by atoms with van der Waals surface area (Å²) in [6.45, 7) is 4.54. The third kappa shape index (κ3) is 6.38. The Hall–Kier alpha value is -3.12. The normalized spacial score (nSPS) is 11.2. The second-order valence-corrected chi connectivity index (χ2v) is 21.2. The molecule has 39 heavy (non-hydrogen) atoms. The summed E-state index contributed by atoms with van der Waals surface area (Å²) in [5.74, 6) is 7.83. The fraction of sp³-hybridized carbons (Fsp3) is 0.182. The molecule has 0 saturated heterocycles. The number of benzene rings is 2. The Balaban J connectivity index is 0.000000176. The van der Waals surface area contributed by atoms with E-state index in [0.717, 1.165) is 38.9 Å². The first-order valence-electron chi connectivity index (χ1n) is 12.9. The number of hydrogen-bond acceptors (Lipinski definition) is 4. The number of rotatable bonds is 4. The van der Waals surface area contributed by atoms with Gasteiger partial charge in [0.1, 0.15) is 0 Å². The number of nitrogens with zero attached hydrogens (tertiary/aromatic N) is 3. The van der Waals surface area contributed by atoms with Crippen molar-refractivity contribution in [3.8, 4) is 22.5 Å². The number of fused-ring (bicyclic) bond motifs is 3. The van der Waals surface area contributed by atoms with Crippen molar-refractivity contribution < 1.29 is 24.5 Å². The molecule has 0 bridgehead atoms. The second-order valence-electron chi connectivity index (χ2n) is 10.6. The molecular weight excluding hydrogens is 719 g/mol. The molecule has 0 atom stereocenters. The van der Waals surface area contributed by atoms with Crippen LogP contribution in [-0.2, 0) is 20.1 Å². The minimum atomic E-state index is -1.85. The van der Waals surface area contributed by atoms with Gasteiger partial charge in [-0.05, 0) is 23.9 Å². The van der Waals surface area contributed by atoms with Gasteiger partial charge in [0.2, 0.25) is 5.71 Å². The molecule has 4 nitrogen and oxygen atoms in total. The largest absolute Gasteiger partial charge is 0.486 e. The molecule has 0 amide bonds. The summed E-state index contributed by atoms with van der Waals surface area (Å²) in [6.07, 6.45) is 5.61. The number of hydrogen-bond donors (Lipinski definition) is 0. The van der Waals surface area contributed by atoms with Crippen LogP contribution in [0.1, 0.15) is 25.3 Å². The van der Waals surface area contributed by atoms with Gasteiger partial charge in [-0.15, -0.1) is 18.2 Å². The van der Waals surface area contributed by atoms with E-state index < -0.39 is 13.3 Å². The maximum Gasteiger partial charge on any atom is 0.216 e. The minimum Gasteiger partial charge on any atom is -0.486 e. The van der Waals surface area contributed by atoms with E-state index in [9.17, 15) is 0 Å². The van der Waals surface area contributed by atoms with E-state index in [2.05, 4.69) is 76.5 Å². The first kappa shape index (κ1) is 28.9. The van der Waals surface area contributed by atoms with Crippen LogP contribution >= 0.6 is 0 Å². The van der Waals surface area contributed by atoms with Crippen LogP contribution in [-0.4, -0.2) is 28.2 Å². The predicted molar refractivity (Wildman–Crippen MR) is 159 cm³/mol. The Kier molecular flexibility index (Phi) is 9.16. The summed E-state index contributed by atoms with van der Waals surface area (Å²) in [5.41, 5.74) is 6.75. The summed E-state index contributed by atoms with van der Waals surface area (Å²) < 4.78 is 7.38. The van der Waals surface area contributed by atoms with Crippen LogP contribution in [0.5, 0.6) is 0 Å². The van der Waals surface area contributed by atoms with Gasteiger partial charge < -0.3 is 9.40 Å². The zero-order valence-corrected chi connectivity index (χ0v) is 27.3. The Morgan fingerprint density at radius 1 is 0.769 bits per heavy atom. The van der Waals surface area contributed by atoms with Crippen LogP contribution in [0.2, 0.25) is 17.3 Å². The van der Waals surface area contributed by atoms with Gasteiger partial charge in [-0.3, -0.25) is 0 Å². The number of pyridine rings is 3. The second kappa shape index (κ2) is 12.4. The van der Waals surface area contributed by atoms with Gasteiger partial charge in [0, 0.05) is 37.9 Å². The molecule has 0 aliphatic carbocycles. The molecule has 6 aromatic rings. The molecule has 6 heteroatoms. The van der Waals surface area contributed by atoms with Gasteiger partial charge in [0.15, 0.2) is 0 Å². The molecular formula is C33H31GeIrN3O-2. The molecule has 6 rings (SSSR count). The van der Waals surface area contributed by atoms with E-state index in [-0.39, 0.29) is 20.1 Å². The fourth-order valence-electron chi connectivity index (χ4n) is 4.55. The first-order chi connectivity index (χ1) is 18.3. The SMILES string of the molecule is CC(C)c1cc(-c2[c-]cccc2)nc[c]1[Ge]([CH3])([CH3])[CH3].[Ir].[c-]1ccc2c(oc3ncccc32)c1-c1ccccn1. The fourth-order valence-corrected chi connectivity index (χ4v) is 8.07. The first-order valence-corrected chi connectivity index (χ1v) is 20.2. The van der Waals surface area contributed by atoms with Crippen molar-refractivity contribution in [3.05, 3.63) is 109 Å². The third-order valence-electron chi connectivity index (χ3n) is 6.48. The Morgan fingerprint density at radius 3 is 2.26 bits per heavy atom. The van der Waals surface area contributed by atoms with Crippen LogP contribution in [0, 0.1) is 12.1 Å². The van der Waals surface area contributed by atoms with Gasteiger partial charge >= 0.3 is 119 Å². The Labute approximate surface area is 246 Å². The van der Waals surface area contributed by atoms with Crippen LogP contribution in [0.15, 0.2) is 95.8 Å². The van der Waals surface area contributed by atoms with Gasteiger partial charge in [-0.2, -0.15) is 0 Å². The zero-order chi connectivity index (χ0) is 26.7. The Morgan fingerprint density at radius 2 is 1.56 bits per heavy atom. The summed E-state index contributed by atoms with van der Waals surface area (Å²) in [6, 6.07) is 30.4. The van der Waals surface area contributed by atoms with E-state index >= 15 is 0 Å². The molecule has 1 radical (unpaired) electrons. The van der Waals surface area contributed by atoms with Crippen LogP contribution in [0.3, 0.4) is 0 Å². The van der Waals surface area contributed by atoms with Gasteiger partial charge in [0.25, 0.3) is 0 Å². The van der Waals surface area contributed by atoms with Gasteiger partial charge in [-0.25, -0.2) is 4.98 Å². The van der Waals surface area contributed by atoms with E-state index in [0.29, 0.717) is 11.6 Å². The van der Waals surface area contributed by atoms with E-state index in [1.807, 2.05) is 60.7 Å². The van der Waals surface area contributed by atoms with E-state index in [4.69, 9.17) is 4.42 Å². The van der Waals surface area contributed by atoms with Crippen molar-refractivity contribution in [1.29, 1.82) is 0 Å². The smallest absolute Gasteiger partial charge is 0.216 e. The summed E-state index contributed by atoms with van der Waals surface area (Å²) >= 11 is -1.85. The molecule has 0 spiro atoms. The molecule has 0 aliphatic heterocycles. The number of aromatic nitrogens is 3. The molecule has 199 valence electrons. The maximum atomic E-state index is 5.86. The topological polar surface area (TPSA) is 51.8 Å². The molecule has 4 aromatic heterocycles. The Bertz CT molecular complexity index is 1680. The molecule has 0 aliphatic rings. The van der Waals surface area contributed by atoms with Crippen molar-refractivity contribution in [2.45, 2.75) is 37.0 Å². The van der Waals surface area contributed by atoms with Crippen molar-refractivity contribution in [2.75, 3.05) is 0 Å². The quantitative estimate of drug-likeness (QED) is 0.135. The average Bonchev–Trinajstić information content (AvgIpc) is 3.32. The predicted octanol–water partition coefficient (Wildman–Crippen LogP) is 8.06. The third-order valence-corrected chi connectivity index (χ3v) is 10.7. The zero-order valence-electron chi connectivity index (χ0n) is 22.8. The van der Waals surface area contributed by atoms with E-state index in [1.165, 1.54) is 9.96 Å². The van der Waals surface area contributed by atoms with Crippen molar-refractivity contribution in [1.82, 2.24) is 15.0 Å². The molecule has 2 aromatic carbocycles. The van der Waals surface area contributed by atoms with Crippen molar-refractivity contribution in [2.24, 2.45) is 0 Å². The molecule has 0 saturated carbocycles. The van der Waals surface area contributed by atoms with Gasteiger partial charge in [0.05, 0.1) is 5.58 Å². The summed E-state index contributed by atoms with van der Waals surface area (Å²) in [4.78, 5) is 13.3. The molecule has 0 unspecified atom stereocenters. The standard InChI is InChI=1S/C17H22GeN.C16H9N2O.Ir/c1-13(2)15-11-17(14-9-7-6-8-10-14)19-12-16(15)18(3,4)5;1-2-9-17-14(8-1)13-6-3-5-11-12-7-4-10-18-16(12)19-15(11)13;/h6-9,11-13H,1-5H3;1-5,7-10H;/q2*-1;. The van der Waals surface area contributed by atoms with Crippen LogP contribution in [0.25, 0.3) is 44.6 Å². The summed E-state index contributed by atoms with van der Waals surface area (Å²) in [7, 11) is 0. The summed E-state index contributed by atoms with van der Waals surface area (Å²) in [5, 5.41) is 2.06. The molecule has 4 heterocycles. The van der Waals surface area contributed by atoms with Crippen LogP contribution < -0.4 is 4.40 Å². The van der Waals surface area contributed by atoms with Gasteiger partial charge in [-0.1, -0.05) is 23.1 Å². The van der Waals surface area contributed by atoms with E-state index in [1.54, 1.807) is 12.4 Å².